The van der Waals surface area contributed by atoms with Crippen molar-refractivity contribution in [2.45, 2.75) is 72.1 Å². The van der Waals surface area contributed by atoms with Gasteiger partial charge in [-0.2, -0.15) is 5.10 Å². The topological polar surface area (TPSA) is 47.5 Å². The molecule has 152 valence electrons. The zero-order valence-electron chi connectivity index (χ0n) is 18.8. The highest BCUT2D eigenvalue weighted by Crippen LogP contribution is 2.37. The highest BCUT2D eigenvalue weighted by atomic mass is 15.3. The molecule has 29 heavy (non-hydrogen) atoms. The standard InChI is InChI=1S/C24H31N5/c1-15(2)19-13-25-21-18(10-9-16(3)28(19)21)24(7,8)20-12-11-17(23(4,5)6)22-26-14-27-29(20)22/h9-15H,1-8H3. The molecular weight excluding hydrogens is 358 g/mol. The van der Waals surface area contributed by atoms with E-state index in [0.717, 1.165) is 17.0 Å². The summed E-state index contributed by atoms with van der Waals surface area (Å²) in [7, 11) is 0. The van der Waals surface area contributed by atoms with Gasteiger partial charge in [0.25, 0.3) is 0 Å². The van der Waals surface area contributed by atoms with Gasteiger partial charge in [-0.05, 0) is 30.4 Å². The van der Waals surface area contributed by atoms with Gasteiger partial charge in [0, 0.05) is 34.1 Å². The van der Waals surface area contributed by atoms with Crippen LogP contribution in [0, 0.1) is 6.92 Å². The van der Waals surface area contributed by atoms with Gasteiger partial charge in [0.05, 0.1) is 5.69 Å². The van der Waals surface area contributed by atoms with E-state index in [-0.39, 0.29) is 10.8 Å². The minimum absolute atomic E-state index is 0.00331. The molecule has 0 aliphatic heterocycles. The zero-order valence-corrected chi connectivity index (χ0v) is 18.8. The molecular formula is C24H31N5. The molecule has 0 unspecified atom stereocenters. The number of hydrogen-bond donors (Lipinski definition) is 0. The molecule has 0 aliphatic carbocycles. The van der Waals surface area contributed by atoms with Crippen LogP contribution in [0.4, 0.5) is 0 Å². The molecule has 5 heteroatoms. The van der Waals surface area contributed by atoms with Gasteiger partial charge in [-0.25, -0.2) is 14.5 Å². The summed E-state index contributed by atoms with van der Waals surface area (Å²) in [4.78, 5) is 9.42. The van der Waals surface area contributed by atoms with Gasteiger partial charge in [-0.15, -0.1) is 0 Å². The maximum atomic E-state index is 4.83. The Labute approximate surface area is 172 Å². The summed E-state index contributed by atoms with van der Waals surface area (Å²) in [5, 5.41) is 4.59. The fraction of sp³-hybridized carbons (Fsp3) is 0.458. The Balaban J connectivity index is 1.98. The molecule has 0 radical (unpaired) electrons. The van der Waals surface area contributed by atoms with Crippen LogP contribution in [0.15, 0.2) is 36.8 Å². The fourth-order valence-corrected chi connectivity index (χ4v) is 4.28. The van der Waals surface area contributed by atoms with Crippen LogP contribution in [0.2, 0.25) is 0 Å². The number of rotatable bonds is 3. The zero-order chi connectivity index (χ0) is 21.1. The Hall–Kier alpha value is -2.69. The van der Waals surface area contributed by atoms with Crippen molar-refractivity contribution in [1.29, 1.82) is 0 Å². The van der Waals surface area contributed by atoms with Crippen molar-refractivity contribution in [3.8, 4) is 0 Å². The van der Waals surface area contributed by atoms with Gasteiger partial charge in [0.1, 0.15) is 12.0 Å². The number of aryl methyl sites for hydroxylation is 1. The summed E-state index contributed by atoms with van der Waals surface area (Å²) in [5.74, 6) is 0.412. The van der Waals surface area contributed by atoms with Crippen LogP contribution in [-0.4, -0.2) is 24.0 Å². The number of pyridine rings is 2. The predicted molar refractivity (Wildman–Crippen MR) is 118 cm³/mol. The van der Waals surface area contributed by atoms with E-state index >= 15 is 0 Å². The van der Waals surface area contributed by atoms with Gasteiger partial charge in [0.2, 0.25) is 0 Å². The van der Waals surface area contributed by atoms with Gasteiger partial charge < -0.3 is 4.40 Å². The summed E-state index contributed by atoms with van der Waals surface area (Å²) in [6, 6.07) is 8.81. The second-order valence-electron chi connectivity index (χ2n) is 9.89. The third-order valence-corrected chi connectivity index (χ3v) is 6.01. The number of imidazole rings is 1. The van der Waals surface area contributed by atoms with Gasteiger partial charge in [0.15, 0.2) is 5.65 Å². The Kier molecular flexibility index (Phi) is 4.34. The molecule has 0 aromatic carbocycles. The summed E-state index contributed by atoms with van der Waals surface area (Å²) < 4.78 is 4.30. The number of fused-ring (bicyclic) bond motifs is 2. The molecule has 0 bridgehead atoms. The lowest BCUT2D eigenvalue weighted by atomic mass is 9.80. The van der Waals surface area contributed by atoms with Crippen molar-refractivity contribution in [3.63, 3.8) is 0 Å². The Morgan fingerprint density at radius 2 is 1.55 bits per heavy atom. The van der Waals surface area contributed by atoms with E-state index in [1.807, 2.05) is 10.7 Å². The lowest BCUT2D eigenvalue weighted by Gasteiger charge is -2.29. The molecule has 0 amide bonds. The summed E-state index contributed by atoms with van der Waals surface area (Å²) in [6.07, 6.45) is 3.67. The molecule has 5 nitrogen and oxygen atoms in total. The second kappa shape index (κ2) is 6.41. The van der Waals surface area contributed by atoms with E-state index < -0.39 is 0 Å². The number of nitrogens with zero attached hydrogens (tertiary/aromatic N) is 5. The Morgan fingerprint density at radius 3 is 2.21 bits per heavy atom. The molecule has 4 rings (SSSR count). The summed E-state index contributed by atoms with van der Waals surface area (Å²) >= 11 is 0. The van der Waals surface area contributed by atoms with Crippen molar-refractivity contribution in [2.75, 3.05) is 0 Å². The van der Waals surface area contributed by atoms with Crippen molar-refractivity contribution < 1.29 is 0 Å². The molecule has 0 N–H and O–H groups in total. The highest BCUT2D eigenvalue weighted by molar-refractivity contribution is 5.59. The minimum atomic E-state index is -0.295. The van der Waals surface area contributed by atoms with Gasteiger partial charge in [-0.1, -0.05) is 60.6 Å². The monoisotopic (exact) mass is 389 g/mol. The van der Waals surface area contributed by atoms with Crippen LogP contribution >= 0.6 is 0 Å². The van der Waals surface area contributed by atoms with E-state index in [0.29, 0.717) is 5.92 Å². The van der Waals surface area contributed by atoms with Crippen LogP contribution < -0.4 is 0 Å². The number of hydrogen-bond acceptors (Lipinski definition) is 3. The SMILES string of the molecule is Cc1ccc(C(C)(C)c2ccc(C(C)(C)C)c3ncnn23)c2ncc(C(C)C)n12. The van der Waals surface area contributed by atoms with E-state index in [2.05, 4.69) is 94.1 Å². The highest BCUT2D eigenvalue weighted by Gasteiger charge is 2.32. The lowest BCUT2D eigenvalue weighted by Crippen LogP contribution is -2.25. The lowest BCUT2D eigenvalue weighted by molar-refractivity contribution is 0.570. The molecule has 4 aromatic heterocycles. The summed E-state index contributed by atoms with van der Waals surface area (Å²) in [6.45, 7) is 17.7. The second-order valence-corrected chi connectivity index (χ2v) is 9.89. The predicted octanol–water partition coefficient (Wildman–Crippen LogP) is 5.43. The van der Waals surface area contributed by atoms with Crippen LogP contribution in [0.5, 0.6) is 0 Å². The van der Waals surface area contributed by atoms with Crippen LogP contribution in [0.25, 0.3) is 11.3 Å². The molecule has 0 saturated carbocycles. The first kappa shape index (κ1) is 19.6. The van der Waals surface area contributed by atoms with Crippen molar-refractivity contribution in [2.24, 2.45) is 0 Å². The van der Waals surface area contributed by atoms with Crippen molar-refractivity contribution >= 4 is 11.3 Å². The summed E-state index contributed by atoms with van der Waals surface area (Å²) in [5.41, 5.74) is 7.60. The van der Waals surface area contributed by atoms with Crippen molar-refractivity contribution in [1.82, 2.24) is 24.0 Å². The quantitative estimate of drug-likeness (QED) is 0.469. The average molecular weight is 390 g/mol. The maximum absolute atomic E-state index is 4.83. The molecule has 0 fully saturated rings. The Morgan fingerprint density at radius 1 is 0.862 bits per heavy atom. The number of aromatic nitrogens is 5. The fourth-order valence-electron chi connectivity index (χ4n) is 4.28. The normalized spacial score (nSPS) is 13.1. The molecule has 0 saturated heterocycles. The third-order valence-electron chi connectivity index (χ3n) is 6.01. The maximum Gasteiger partial charge on any atom is 0.159 e. The van der Waals surface area contributed by atoms with E-state index in [1.165, 1.54) is 22.5 Å². The molecule has 0 atom stereocenters. The molecule has 4 heterocycles. The average Bonchev–Trinajstić information content (AvgIpc) is 3.27. The van der Waals surface area contributed by atoms with Gasteiger partial charge >= 0.3 is 0 Å². The smallest absolute Gasteiger partial charge is 0.159 e. The first-order valence-electron chi connectivity index (χ1n) is 10.3. The van der Waals surface area contributed by atoms with Gasteiger partial charge in [-0.3, -0.25) is 0 Å². The van der Waals surface area contributed by atoms with E-state index in [4.69, 9.17) is 4.98 Å². The van der Waals surface area contributed by atoms with E-state index in [1.54, 1.807) is 6.33 Å². The minimum Gasteiger partial charge on any atom is -0.301 e. The first-order chi connectivity index (χ1) is 13.5. The first-order valence-corrected chi connectivity index (χ1v) is 10.3. The molecule has 4 aromatic rings. The molecule has 0 aliphatic rings. The Bertz CT molecular complexity index is 1200. The van der Waals surface area contributed by atoms with Crippen molar-refractivity contribution in [3.05, 3.63) is 65.0 Å². The van der Waals surface area contributed by atoms with Crippen LogP contribution in [0.1, 0.15) is 82.6 Å². The van der Waals surface area contributed by atoms with Crippen LogP contribution in [-0.2, 0) is 10.8 Å². The molecule has 0 spiro atoms. The largest absolute Gasteiger partial charge is 0.301 e. The van der Waals surface area contributed by atoms with E-state index in [9.17, 15) is 0 Å². The van der Waals surface area contributed by atoms with Crippen LogP contribution in [0.3, 0.4) is 0 Å². The third kappa shape index (κ3) is 2.95.